The molecular weight excluding hydrogens is 408 g/mol. The minimum atomic E-state index is -0.554. The van der Waals surface area contributed by atoms with Crippen LogP contribution in [0.25, 0.3) is 15.6 Å². The Kier molecular flexibility index (Phi) is 6.42. The molecule has 3 aromatic carbocycles. The lowest BCUT2D eigenvalue weighted by atomic mass is 9.95. The lowest BCUT2D eigenvalue weighted by Crippen LogP contribution is -2.44. The predicted octanol–water partition coefficient (Wildman–Crippen LogP) is 8.02. The molecule has 0 heterocycles. The Morgan fingerprint density at radius 1 is 1.03 bits per heavy atom. The number of hydrogen-bond acceptors (Lipinski definition) is 2. The monoisotopic (exact) mass is 440 g/mol. The molecule has 0 spiro atoms. The molecule has 4 rings (SSSR count). The van der Waals surface area contributed by atoms with Gasteiger partial charge in [0.25, 0.3) is 0 Å². The van der Waals surface area contributed by atoms with Gasteiger partial charge in [-0.15, -0.1) is 0 Å². The average molecular weight is 441 g/mol. The number of fused-ring (bicyclic) bond motifs is 1. The number of benzene rings is 3. The van der Waals surface area contributed by atoms with Gasteiger partial charge in [-0.1, -0.05) is 66.7 Å². The average Bonchev–Trinajstić information content (AvgIpc) is 3.27. The zero-order valence-electron chi connectivity index (χ0n) is 19.9. The molecule has 170 valence electrons. The molecule has 4 heteroatoms. The van der Waals surface area contributed by atoms with E-state index in [1.165, 1.54) is 16.3 Å². The predicted molar refractivity (Wildman–Crippen MR) is 134 cm³/mol. The van der Waals surface area contributed by atoms with E-state index in [4.69, 9.17) is 11.3 Å². The SMILES string of the molecule is [C-]#[N+]c1ccc([C@@H]2CC[C@H](N(C(=O)OC(C)(C)C)[C@H](C)c3cccc4ccccc34)C2)cc1. The van der Waals surface area contributed by atoms with Crippen molar-refractivity contribution in [2.24, 2.45) is 0 Å². The summed E-state index contributed by atoms with van der Waals surface area (Å²) in [7, 11) is 0. The van der Waals surface area contributed by atoms with Gasteiger partial charge >= 0.3 is 6.09 Å². The second kappa shape index (κ2) is 9.27. The van der Waals surface area contributed by atoms with Gasteiger partial charge in [-0.2, -0.15) is 0 Å². The summed E-state index contributed by atoms with van der Waals surface area (Å²) >= 11 is 0. The fraction of sp³-hybridized carbons (Fsp3) is 0.379. The Hall–Kier alpha value is -3.32. The Morgan fingerprint density at radius 2 is 1.73 bits per heavy atom. The fourth-order valence-electron chi connectivity index (χ4n) is 5.04. The van der Waals surface area contributed by atoms with Crippen LogP contribution in [-0.4, -0.2) is 22.6 Å². The smallest absolute Gasteiger partial charge is 0.411 e. The highest BCUT2D eigenvalue weighted by Crippen LogP contribution is 2.41. The van der Waals surface area contributed by atoms with E-state index in [1.54, 1.807) is 0 Å². The molecule has 3 aromatic rings. The molecule has 0 bridgehead atoms. The first-order chi connectivity index (χ1) is 15.8. The minimum absolute atomic E-state index is 0.0966. The van der Waals surface area contributed by atoms with Gasteiger partial charge in [-0.05, 0) is 74.8 Å². The molecule has 1 fully saturated rings. The van der Waals surface area contributed by atoms with Crippen LogP contribution in [0, 0.1) is 6.57 Å². The van der Waals surface area contributed by atoms with Crippen LogP contribution in [0.5, 0.6) is 0 Å². The van der Waals surface area contributed by atoms with Gasteiger partial charge in [0.05, 0.1) is 12.6 Å². The molecule has 3 atom stereocenters. The molecule has 0 unspecified atom stereocenters. The highest BCUT2D eigenvalue weighted by atomic mass is 16.6. The van der Waals surface area contributed by atoms with Crippen molar-refractivity contribution in [2.75, 3.05) is 0 Å². The lowest BCUT2D eigenvalue weighted by Gasteiger charge is -2.37. The first kappa shape index (κ1) is 22.9. The summed E-state index contributed by atoms with van der Waals surface area (Å²) in [6, 6.07) is 22.5. The van der Waals surface area contributed by atoms with E-state index in [0.717, 1.165) is 24.8 Å². The molecule has 0 N–H and O–H groups in total. The summed E-state index contributed by atoms with van der Waals surface area (Å²) in [5, 5.41) is 2.35. The van der Waals surface area contributed by atoms with Crippen LogP contribution in [0.3, 0.4) is 0 Å². The lowest BCUT2D eigenvalue weighted by molar-refractivity contribution is 0.00694. The summed E-state index contributed by atoms with van der Waals surface area (Å²) in [5.41, 5.74) is 2.49. The van der Waals surface area contributed by atoms with E-state index in [-0.39, 0.29) is 18.2 Å². The molecule has 4 nitrogen and oxygen atoms in total. The molecule has 1 amide bonds. The quantitative estimate of drug-likeness (QED) is 0.385. The van der Waals surface area contributed by atoms with Crippen LogP contribution in [0.1, 0.15) is 70.0 Å². The number of hydrogen-bond donors (Lipinski definition) is 0. The largest absolute Gasteiger partial charge is 0.444 e. The topological polar surface area (TPSA) is 33.9 Å². The van der Waals surface area contributed by atoms with Crippen LogP contribution in [-0.2, 0) is 4.74 Å². The zero-order valence-corrected chi connectivity index (χ0v) is 19.9. The fourth-order valence-corrected chi connectivity index (χ4v) is 5.04. The summed E-state index contributed by atoms with van der Waals surface area (Å²) in [5.74, 6) is 0.374. The second-order valence-corrected chi connectivity index (χ2v) is 10.00. The third-order valence-electron chi connectivity index (χ3n) is 6.59. The first-order valence-corrected chi connectivity index (χ1v) is 11.7. The van der Waals surface area contributed by atoms with Crippen LogP contribution < -0.4 is 0 Å². The van der Waals surface area contributed by atoms with E-state index < -0.39 is 5.60 Å². The minimum Gasteiger partial charge on any atom is -0.444 e. The molecule has 1 saturated carbocycles. The second-order valence-electron chi connectivity index (χ2n) is 10.00. The number of carbonyl (C=O) groups excluding carboxylic acids is 1. The first-order valence-electron chi connectivity index (χ1n) is 11.7. The van der Waals surface area contributed by atoms with E-state index in [9.17, 15) is 4.79 Å². The molecule has 0 saturated heterocycles. The van der Waals surface area contributed by atoms with Gasteiger partial charge in [0.15, 0.2) is 5.69 Å². The van der Waals surface area contributed by atoms with Crippen molar-refractivity contribution in [2.45, 2.75) is 70.6 Å². The summed E-state index contributed by atoms with van der Waals surface area (Å²) in [4.78, 5) is 19.0. The number of nitrogens with zero attached hydrogens (tertiary/aromatic N) is 2. The number of carbonyl (C=O) groups is 1. The van der Waals surface area contributed by atoms with Crippen molar-refractivity contribution in [3.63, 3.8) is 0 Å². The third kappa shape index (κ3) is 5.03. The van der Waals surface area contributed by atoms with Crippen molar-refractivity contribution in [1.29, 1.82) is 0 Å². The molecule has 0 radical (unpaired) electrons. The maximum atomic E-state index is 13.5. The van der Waals surface area contributed by atoms with Crippen LogP contribution in [0.4, 0.5) is 10.5 Å². The van der Waals surface area contributed by atoms with E-state index in [1.807, 2.05) is 43.9 Å². The van der Waals surface area contributed by atoms with Crippen molar-refractivity contribution < 1.29 is 9.53 Å². The maximum Gasteiger partial charge on any atom is 0.411 e. The van der Waals surface area contributed by atoms with E-state index in [2.05, 4.69) is 60.3 Å². The van der Waals surface area contributed by atoms with E-state index >= 15 is 0 Å². The van der Waals surface area contributed by atoms with Gasteiger partial charge in [0.2, 0.25) is 0 Å². The molecule has 0 aliphatic heterocycles. The number of amides is 1. The molecule has 1 aliphatic rings. The molecule has 33 heavy (non-hydrogen) atoms. The van der Waals surface area contributed by atoms with Crippen LogP contribution in [0.2, 0.25) is 0 Å². The summed E-state index contributed by atoms with van der Waals surface area (Å²) in [6.07, 6.45) is 2.59. The number of ether oxygens (including phenoxy) is 1. The molecular formula is C29H32N2O2. The highest BCUT2D eigenvalue weighted by molar-refractivity contribution is 5.86. The molecule has 1 aliphatic carbocycles. The Morgan fingerprint density at radius 3 is 2.42 bits per heavy atom. The third-order valence-corrected chi connectivity index (χ3v) is 6.59. The van der Waals surface area contributed by atoms with Crippen molar-refractivity contribution in [3.8, 4) is 0 Å². The van der Waals surface area contributed by atoms with Gasteiger partial charge < -0.3 is 4.74 Å². The Bertz CT molecular complexity index is 1170. The van der Waals surface area contributed by atoms with Crippen molar-refractivity contribution in [1.82, 2.24) is 4.90 Å². The summed E-state index contributed by atoms with van der Waals surface area (Å²) < 4.78 is 5.89. The van der Waals surface area contributed by atoms with Gasteiger partial charge in [0.1, 0.15) is 5.60 Å². The summed E-state index contributed by atoms with van der Waals surface area (Å²) in [6.45, 7) is 15.1. The van der Waals surface area contributed by atoms with Crippen molar-refractivity contribution in [3.05, 3.63) is 89.3 Å². The normalized spacial score (nSPS) is 19.1. The zero-order chi connectivity index (χ0) is 23.6. The van der Waals surface area contributed by atoms with Crippen LogP contribution >= 0.6 is 0 Å². The van der Waals surface area contributed by atoms with Gasteiger partial charge in [-0.25, -0.2) is 9.64 Å². The maximum absolute atomic E-state index is 13.5. The van der Waals surface area contributed by atoms with E-state index in [0.29, 0.717) is 11.6 Å². The number of rotatable bonds is 4. The van der Waals surface area contributed by atoms with Crippen LogP contribution in [0.15, 0.2) is 66.7 Å². The molecule has 0 aromatic heterocycles. The Balaban J connectivity index is 1.65. The standard InChI is InChI=1S/C29H32N2O2/c1-20(26-12-8-10-22-9-6-7-11-27(22)26)31(28(32)33-29(2,3)4)25-18-15-23(19-25)21-13-16-24(30-5)17-14-21/h6-14,16-17,20,23,25H,15,18-19H2,1-4H3/t20-,23-,25+/m1/s1. The van der Waals surface area contributed by atoms with Crippen molar-refractivity contribution >= 4 is 22.6 Å². The van der Waals surface area contributed by atoms with Gasteiger partial charge in [-0.3, -0.25) is 4.90 Å². The van der Waals surface area contributed by atoms with Gasteiger partial charge in [0, 0.05) is 6.04 Å². The Labute approximate surface area is 197 Å². The highest BCUT2D eigenvalue weighted by Gasteiger charge is 2.38.